The minimum atomic E-state index is -3.46. The molecule has 1 nitrogen and oxygen atoms in total. The van der Waals surface area contributed by atoms with E-state index in [-0.39, 0.29) is 0 Å². The van der Waals surface area contributed by atoms with E-state index in [9.17, 15) is 0 Å². The van der Waals surface area contributed by atoms with Crippen LogP contribution in [0.15, 0.2) is 121 Å². The molecule has 1 radical (unpaired) electrons. The molecule has 0 bridgehead atoms. The van der Waals surface area contributed by atoms with Crippen molar-refractivity contribution in [3.63, 3.8) is 0 Å². The molecule has 0 saturated heterocycles. The Bertz CT molecular complexity index is 977. The molecule has 0 heterocycles. The van der Waals surface area contributed by atoms with E-state index in [1.807, 2.05) is 0 Å². The predicted molar refractivity (Wildman–Crippen MR) is 139 cm³/mol. The van der Waals surface area contributed by atoms with Crippen LogP contribution in [0.4, 0.5) is 0 Å². The molecule has 161 valence electrons. The quantitative estimate of drug-likeness (QED) is 0.171. The third-order valence-electron chi connectivity index (χ3n) is 5.44. The van der Waals surface area contributed by atoms with Crippen LogP contribution in [-0.4, -0.2) is 37.8 Å². The van der Waals surface area contributed by atoms with Gasteiger partial charge in [-0.3, -0.25) is 0 Å². The maximum absolute atomic E-state index is 7.57. The third kappa shape index (κ3) is 7.65. The van der Waals surface area contributed by atoms with E-state index in [4.69, 9.17) is 10.3 Å². The molecule has 0 spiro atoms. The van der Waals surface area contributed by atoms with Crippen LogP contribution >= 0.6 is 8.92 Å². The van der Waals surface area contributed by atoms with E-state index in [0.717, 1.165) is 17.7 Å². The van der Waals surface area contributed by atoms with Crippen LogP contribution in [0.5, 0.6) is 0 Å². The van der Waals surface area contributed by atoms with Gasteiger partial charge in [0.25, 0.3) is 0 Å². The van der Waals surface area contributed by atoms with Crippen molar-refractivity contribution in [3.8, 4) is 0 Å². The van der Waals surface area contributed by atoms with Crippen molar-refractivity contribution in [1.82, 2.24) is 0 Å². The van der Waals surface area contributed by atoms with Crippen LogP contribution < -0.4 is 0 Å². The summed E-state index contributed by atoms with van der Waals surface area (Å²) < 4.78 is 11.2. The Kier molecular flexibility index (Phi) is 9.15. The second-order valence-electron chi connectivity index (χ2n) is 8.17. The van der Waals surface area contributed by atoms with Crippen molar-refractivity contribution in [2.24, 2.45) is 0 Å². The van der Waals surface area contributed by atoms with E-state index in [0.29, 0.717) is 0 Å². The normalized spacial score (nSPS) is 11.6. The Morgan fingerprint density at radius 2 is 0.812 bits per heavy atom. The molecule has 0 unspecified atom stereocenters. The molecule has 0 aliphatic carbocycles. The SMILES string of the molecule is [Cl][Sn]([CH2]c1ccccc1)([CH2]c1ccccc1)[O][Sn]([CH2]c1ccccc1)[CH2]c1ccccc1. The Balaban J connectivity index is 1.61. The van der Waals surface area contributed by atoms with Gasteiger partial charge in [-0.1, -0.05) is 0 Å². The summed E-state index contributed by atoms with van der Waals surface area (Å²) in [6.07, 6.45) is 0. The fourth-order valence-electron chi connectivity index (χ4n) is 3.98. The zero-order chi connectivity index (χ0) is 22.1. The van der Waals surface area contributed by atoms with Crippen molar-refractivity contribution < 1.29 is 1.41 Å². The zero-order valence-corrected chi connectivity index (χ0v) is 24.6. The van der Waals surface area contributed by atoms with Gasteiger partial charge in [0.1, 0.15) is 0 Å². The van der Waals surface area contributed by atoms with Gasteiger partial charge in [0.05, 0.1) is 0 Å². The first-order chi connectivity index (χ1) is 15.7. The van der Waals surface area contributed by atoms with E-state index in [1.54, 1.807) is 0 Å². The van der Waals surface area contributed by atoms with Crippen LogP contribution in [0.25, 0.3) is 0 Å². The summed E-state index contributed by atoms with van der Waals surface area (Å²) in [5, 5.41) is 0. The molecule has 4 aromatic carbocycles. The van der Waals surface area contributed by atoms with Crippen molar-refractivity contribution in [2.75, 3.05) is 0 Å². The first-order valence-electron chi connectivity index (χ1n) is 11.1. The van der Waals surface area contributed by atoms with Crippen molar-refractivity contribution >= 4 is 46.8 Å². The van der Waals surface area contributed by atoms with Crippen LogP contribution in [0.1, 0.15) is 22.3 Å². The molecular weight excluding hydrogens is 625 g/mol. The zero-order valence-electron chi connectivity index (χ0n) is 18.2. The number of rotatable bonds is 10. The molecule has 0 amide bonds. The van der Waals surface area contributed by atoms with Crippen LogP contribution in [-0.2, 0) is 19.2 Å². The van der Waals surface area contributed by atoms with E-state index in [1.165, 1.54) is 22.3 Å². The molecule has 0 fully saturated rings. The number of hydrogen-bond donors (Lipinski definition) is 0. The van der Waals surface area contributed by atoms with Gasteiger partial charge in [0.15, 0.2) is 0 Å². The first kappa shape index (κ1) is 23.9. The predicted octanol–water partition coefficient (Wildman–Crippen LogP) is 6.80. The third-order valence-corrected chi connectivity index (χ3v) is 35.0. The van der Waals surface area contributed by atoms with Gasteiger partial charge >= 0.3 is 209 Å². The van der Waals surface area contributed by atoms with Crippen LogP contribution in [0, 0.1) is 0 Å². The molecule has 4 aromatic rings. The van der Waals surface area contributed by atoms with Gasteiger partial charge in [-0.05, 0) is 0 Å². The summed E-state index contributed by atoms with van der Waals surface area (Å²) in [6.45, 7) is 0. The van der Waals surface area contributed by atoms with Crippen LogP contribution in [0.3, 0.4) is 0 Å². The molecule has 0 atom stereocenters. The minimum absolute atomic E-state index is 0.902. The fraction of sp³-hybridized carbons (Fsp3) is 0.143. The number of hydrogen-bond acceptors (Lipinski definition) is 1. The Morgan fingerprint density at radius 3 is 1.16 bits per heavy atom. The molecule has 0 aliphatic heterocycles. The average Bonchev–Trinajstić information content (AvgIpc) is 2.81. The summed E-state index contributed by atoms with van der Waals surface area (Å²) in [4.78, 5) is 0. The standard InChI is InChI=1S/4C7H7.ClH.O.2Sn/c4*1-7-5-3-2-4-6-7;;;;/h4*2-6H,1H2;1H;;;/q;;;;;;;+1/p-1. The Hall–Kier alpha value is -1.27. The van der Waals surface area contributed by atoms with Gasteiger partial charge in [0.2, 0.25) is 0 Å². The van der Waals surface area contributed by atoms with E-state index in [2.05, 4.69) is 121 Å². The maximum atomic E-state index is 7.57. The Labute approximate surface area is 207 Å². The van der Waals surface area contributed by atoms with Crippen molar-refractivity contribution in [2.45, 2.75) is 17.7 Å². The molecular formula is C28H28ClOSn2. The topological polar surface area (TPSA) is 9.23 Å². The number of benzene rings is 4. The Morgan fingerprint density at radius 1 is 0.500 bits per heavy atom. The first-order valence-corrected chi connectivity index (χ1v) is 25.1. The van der Waals surface area contributed by atoms with Gasteiger partial charge < -0.3 is 0 Å². The molecule has 0 N–H and O–H groups in total. The van der Waals surface area contributed by atoms with Gasteiger partial charge in [-0.15, -0.1) is 0 Å². The summed E-state index contributed by atoms with van der Waals surface area (Å²) in [5.74, 6) is 0. The van der Waals surface area contributed by atoms with Gasteiger partial charge in [-0.2, -0.15) is 0 Å². The molecule has 4 rings (SSSR count). The summed E-state index contributed by atoms with van der Waals surface area (Å²) >= 11 is -5.80. The summed E-state index contributed by atoms with van der Waals surface area (Å²) in [5.41, 5.74) is 5.36. The molecule has 4 heteroatoms. The molecule has 0 aliphatic rings. The van der Waals surface area contributed by atoms with E-state index >= 15 is 0 Å². The summed E-state index contributed by atoms with van der Waals surface area (Å²) in [7, 11) is 7.57. The monoisotopic (exact) mass is 655 g/mol. The van der Waals surface area contributed by atoms with Gasteiger partial charge in [-0.25, -0.2) is 0 Å². The second-order valence-corrected chi connectivity index (χ2v) is 29.4. The van der Waals surface area contributed by atoms with Crippen molar-refractivity contribution in [3.05, 3.63) is 144 Å². The summed E-state index contributed by atoms with van der Waals surface area (Å²) in [6, 6.07) is 42.9. The van der Waals surface area contributed by atoms with Crippen molar-refractivity contribution in [1.29, 1.82) is 0 Å². The molecule has 0 saturated carbocycles. The molecule has 0 aromatic heterocycles. The van der Waals surface area contributed by atoms with Crippen LogP contribution in [0.2, 0.25) is 0 Å². The number of halogens is 1. The van der Waals surface area contributed by atoms with Gasteiger partial charge in [0, 0.05) is 0 Å². The average molecular weight is 653 g/mol. The fourth-order valence-corrected chi connectivity index (χ4v) is 38.2. The molecule has 32 heavy (non-hydrogen) atoms. The second kappa shape index (κ2) is 12.3. The van der Waals surface area contributed by atoms with E-state index < -0.39 is 37.8 Å².